The lowest BCUT2D eigenvalue weighted by Crippen LogP contribution is -2.17. The molecule has 1 aliphatic rings. The number of nitrogen functional groups attached to an aromatic ring is 1. The van der Waals surface area contributed by atoms with Crippen molar-refractivity contribution < 1.29 is 14.3 Å². The smallest absolute Gasteiger partial charge is 0.172 e. The Balaban J connectivity index is 2.60. The lowest BCUT2D eigenvalue weighted by atomic mass is 10.0. The molecule has 1 aromatic rings. The lowest BCUT2D eigenvalue weighted by Gasteiger charge is -2.18. The van der Waals surface area contributed by atoms with Gasteiger partial charge >= 0.3 is 0 Å². The highest BCUT2D eigenvalue weighted by atomic mass is 16.5. The monoisotopic (exact) mass is 193 g/mol. The topological polar surface area (TPSA) is 61.5 Å². The third-order valence-electron chi connectivity index (χ3n) is 2.25. The van der Waals surface area contributed by atoms with E-state index in [-0.39, 0.29) is 5.78 Å². The lowest BCUT2D eigenvalue weighted by molar-refractivity contribution is 0.0934. The van der Waals surface area contributed by atoms with Gasteiger partial charge in [0.25, 0.3) is 0 Å². The number of methoxy groups -OCH3 is 1. The van der Waals surface area contributed by atoms with Gasteiger partial charge in [-0.3, -0.25) is 4.79 Å². The van der Waals surface area contributed by atoms with E-state index >= 15 is 0 Å². The van der Waals surface area contributed by atoms with Crippen molar-refractivity contribution in [1.82, 2.24) is 0 Å². The molecule has 0 radical (unpaired) electrons. The summed E-state index contributed by atoms with van der Waals surface area (Å²) in [4.78, 5) is 11.6. The number of nitrogens with two attached hydrogens (primary N) is 1. The number of carbonyl (C=O) groups is 1. The number of hydrogen-bond acceptors (Lipinski definition) is 4. The van der Waals surface area contributed by atoms with E-state index in [4.69, 9.17) is 15.2 Å². The molecule has 0 saturated heterocycles. The Morgan fingerprint density at radius 2 is 2.29 bits per heavy atom. The summed E-state index contributed by atoms with van der Waals surface area (Å²) < 4.78 is 10.3. The van der Waals surface area contributed by atoms with Crippen molar-refractivity contribution in [3.63, 3.8) is 0 Å². The van der Waals surface area contributed by atoms with Crippen molar-refractivity contribution in [2.75, 3.05) is 19.5 Å². The summed E-state index contributed by atoms with van der Waals surface area (Å²) in [5.74, 6) is 1.09. The van der Waals surface area contributed by atoms with Gasteiger partial charge in [0.15, 0.2) is 5.78 Å². The number of ketones is 1. The van der Waals surface area contributed by atoms with Crippen molar-refractivity contribution in [3.05, 3.63) is 17.7 Å². The van der Waals surface area contributed by atoms with Gasteiger partial charge in [0.2, 0.25) is 0 Å². The first kappa shape index (κ1) is 8.87. The fourth-order valence-corrected chi connectivity index (χ4v) is 1.54. The van der Waals surface area contributed by atoms with Crippen LogP contribution in [0, 0.1) is 0 Å². The Labute approximate surface area is 81.6 Å². The third kappa shape index (κ3) is 1.19. The standard InChI is InChI=1S/C10H11NO3/c1-13-8-3-2-7-9(10(8)11)6(12)4-5-14-7/h2-3H,4-5,11H2,1H3. The van der Waals surface area contributed by atoms with Crippen molar-refractivity contribution in [2.24, 2.45) is 0 Å². The molecule has 0 bridgehead atoms. The number of benzene rings is 1. The van der Waals surface area contributed by atoms with Crippen LogP contribution in [-0.2, 0) is 0 Å². The van der Waals surface area contributed by atoms with Crippen molar-refractivity contribution in [2.45, 2.75) is 6.42 Å². The first-order chi connectivity index (χ1) is 6.74. The van der Waals surface area contributed by atoms with Crippen LogP contribution < -0.4 is 15.2 Å². The maximum absolute atomic E-state index is 11.6. The summed E-state index contributed by atoms with van der Waals surface area (Å²) in [6.07, 6.45) is 0.379. The predicted octanol–water partition coefficient (Wildman–Crippen LogP) is 1.24. The van der Waals surface area contributed by atoms with E-state index in [1.165, 1.54) is 7.11 Å². The fourth-order valence-electron chi connectivity index (χ4n) is 1.54. The average molecular weight is 193 g/mol. The van der Waals surface area contributed by atoms with E-state index in [1.54, 1.807) is 12.1 Å². The first-order valence-corrected chi connectivity index (χ1v) is 4.36. The summed E-state index contributed by atoms with van der Waals surface area (Å²) in [6.45, 7) is 0.428. The second-order valence-electron chi connectivity index (χ2n) is 3.08. The number of hydrogen-bond donors (Lipinski definition) is 1. The Hall–Kier alpha value is -1.71. The molecule has 2 rings (SSSR count). The zero-order valence-corrected chi connectivity index (χ0v) is 7.87. The molecule has 74 valence electrons. The fraction of sp³-hybridized carbons (Fsp3) is 0.300. The molecule has 0 unspecified atom stereocenters. The quantitative estimate of drug-likeness (QED) is 0.681. The number of carbonyl (C=O) groups excluding carboxylic acids is 1. The first-order valence-electron chi connectivity index (χ1n) is 4.36. The summed E-state index contributed by atoms with van der Waals surface area (Å²) in [5, 5.41) is 0. The minimum atomic E-state index is 0.0163. The maximum Gasteiger partial charge on any atom is 0.172 e. The second kappa shape index (κ2) is 3.21. The van der Waals surface area contributed by atoms with Crippen LogP contribution in [-0.4, -0.2) is 19.5 Å². The molecule has 4 heteroatoms. The van der Waals surface area contributed by atoms with Crippen LogP contribution in [0.15, 0.2) is 12.1 Å². The molecule has 2 N–H and O–H groups in total. The molecule has 0 aliphatic carbocycles. The van der Waals surface area contributed by atoms with E-state index < -0.39 is 0 Å². The summed E-state index contributed by atoms with van der Waals surface area (Å²) in [5.41, 5.74) is 6.60. The van der Waals surface area contributed by atoms with Crippen LogP contribution in [0.2, 0.25) is 0 Å². The highest BCUT2D eigenvalue weighted by molar-refractivity contribution is 6.05. The Morgan fingerprint density at radius 1 is 1.50 bits per heavy atom. The highest BCUT2D eigenvalue weighted by Crippen LogP contribution is 2.35. The molecule has 0 atom stereocenters. The van der Waals surface area contributed by atoms with Gasteiger partial charge in [-0.2, -0.15) is 0 Å². The van der Waals surface area contributed by atoms with Gasteiger partial charge in [-0.05, 0) is 12.1 Å². The molecular formula is C10H11NO3. The maximum atomic E-state index is 11.6. The molecule has 0 saturated carbocycles. The second-order valence-corrected chi connectivity index (χ2v) is 3.08. The molecule has 0 fully saturated rings. The van der Waals surface area contributed by atoms with Crippen molar-refractivity contribution in [1.29, 1.82) is 0 Å². The number of ether oxygens (including phenoxy) is 2. The molecule has 4 nitrogen and oxygen atoms in total. The molecular weight excluding hydrogens is 182 g/mol. The number of Topliss-reactive ketones (excluding diaryl/α,β-unsaturated/α-hetero) is 1. The SMILES string of the molecule is COc1ccc2c(c1N)C(=O)CCO2. The largest absolute Gasteiger partial charge is 0.495 e. The summed E-state index contributed by atoms with van der Waals surface area (Å²) >= 11 is 0. The zero-order valence-electron chi connectivity index (χ0n) is 7.87. The van der Waals surface area contributed by atoms with Gasteiger partial charge in [-0.15, -0.1) is 0 Å². The van der Waals surface area contributed by atoms with Crippen molar-refractivity contribution >= 4 is 11.5 Å². The summed E-state index contributed by atoms with van der Waals surface area (Å²) in [6, 6.07) is 3.41. The van der Waals surface area contributed by atoms with E-state index in [2.05, 4.69) is 0 Å². The van der Waals surface area contributed by atoms with Gasteiger partial charge in [0.05, 0.1) is 25.0 Å². The minimum absolute atomic E-state index is 0.0163. The van der Waals surface area contributed by atoms with Crippen LogP contribution in [0.4, 0.5) is 5.69 Å². The van der Waals surface area contributed by atoms with E-state index in [0.717, 1.165) is 0 Å². The van der Waals surface area contributed by atoms with Gasteiger partial charge in [-0.1, -0.05) is 0 Å². The molecule has 0 spiro atoms. The predicted molar refractivity (Wildman–Crippen MR) is 51.8 cm³/mol. The van der Waals surface area contributed by atoms with Crippen LogP contribution in [0.25, 0.3) is 0 Å². The molecule has 0 aromatic heterocycles. The Morgan fingerprint density at radius 3 is 3.00 bits per heavy atom. The van der Waals surface area contributed by atoms with Gasteiger partial charge in [-0.25, -0.2) is 0 Å². The molecule has 0 amide bonds. The average Bonchev–Trinajstić information content (AvgIpc) is 2.18. The van der Waals surface area contributed by atoms with Crippen LogP contribution in [0.3, 0.4) is 0 Å². The van der Waals surface area contributed by atoms with Gasteiger partial charge < -0.3 is 15.2 Å². The van der Waals surface area contributed by atoms with E-state index in [9.17, 15) is 4.79 Å². The normalized spacial score (nSPS) is 14.5. The number of anilines is 1. The number of rotatable bonds is 1. The Kier molecular flexibility index (Phi) is 2.04. The summed E-state index contributed by atoms with van der Waals surface area (Å²) in [7, 11) is 1.52. The number of fused-ring (bicyclic) bond motifs is 1. The van der Waals surface area contributed by atoms with Gasteiger partial charge in [0, 0.05) is 6.42 Å². The highest BCUT2D eigenvalue weighted by Gasteiger charge is 2.23. The zero-order chi connectivity index (χ0) is 10.1. The Bertz CT molecular complexity index is 387. The molecule has 1 aliphatic heterocycles. The third-order valence-corrected chi connectivity index (χ3v) is 2.25. The van der Waals surface area contributed by atoms with E-state index in [1.807, 2.05) is 0 Å². The minimum Gasteiger partial charge on any atom is -0.495 e. The van der Waals surface area contributed by atoms with E-state index in [0.29, 0.717) is 35.8 Å². The molecule has 14 heavy (non-hydrogen) atoms. The van der Waals surface area contributed by atoms with Crippen LogP contribution in [0.1, 0.15) is 16.8 Å². The van der Waals surface area contributed by atoms with Gasteiger partial charge in [0.1, 0.15) is 11.5 Å². The molecule has 1 aromatic carbocycles. The van der Waals surface area contributed by atoms with Crippen molar-refractivity contribution in [3.8, 4) is 11.5 Å². The van der Waals surface area contributed by atoms with Crippen LogP contribution >= 0.6 is 0 Å². The van der Waals surface area contributed by atoms with Crippen LogP contribution in [0.5, 0.6) is 11.5 Å². The molecule has 1 heterocycles.